The van der Waals surface area contributed by atoms with E-state index in [9.17, 15) is 24.2 Å². The van der Waals surface area contributed by atoms with E-state index in [0.29, 0.717) is 12.0 Å². The van der Waals surface area contributed by atoms with Gasteiger partial charge in [0.05, 0.1) is 11.6 Å². The number of aliphatic hydroxyl groups excluding tert-OH is 1. The number of aromatic amines is 1. The molecule has 7 heteroatoms. The van der Waals surface area contributed by atoms with E-state index in [1.165, 1.54) is 41.3 Å². The standard InChI is InChI=1S/C27H21FN2O4/c28-19-10-8-16(9-11-19)25(32)23-24(17-4-3-5-20(31)14-17)30(27(34)26(23)33)13-12-18-15-29-22-7-2-1-6-21(18)22/h1-11,14-15,24,29,31-32H,12-13H2/b25-23-. The maximum atomic E-state index is 13.4. The lowest BCUT2D eigenvalue weighted by molar-refractivity contribution is -0.139. The van der Waals surface area contributed by atoms with Gasteiger partial charge in [0.1, 0.15) is 17.3 Å². The third-order valence-corrected chi connectivity index (χ3v) is 6.14. The van der Waals surface area contributed by atoms with Crippen LogP contribution < -0.4 is 0 Å². The van der Waals surface area contributed by atoms with Crippen LogP contribution in [0.15, 0.2) is 84.6 Å². The molecule has 1 unspecified atom stereocenters. The van der Waals surface area contributed by atoms with Gasteiger partial charge in [0.15, 0.2) is 0 Å². The van der Waals surface area contributed by atoms with E-state index in [4.69, 9.17) is 0 Å². The first-order valence-corrected chi connectivity index (χ1v) is 10.8. The number of amides is 1. The quantitative estimate of drug-likeness (QED) is 0.231. The first-order chi connectivity index (χ1) is 16.4. The molecule has 6 nitrogen and oxygen atoms in total. The SMILES string of the molecule is O=C1C(=O)N(CCc2c[nH]c3ccccc23)C(c2cccc(O)c2)/C1=C(/O)c1ccc(F)cc1. The van der Waals surface area contributed by atoms with Crippen molar-refractivity contribution < 1.29 is 24.2 Å². The number of carbonyl (C=O) groups is 2. The number of fused-ring (bicyclic) bond motifs is 1. The second-order valence-electron chi connectivity index (χ2n) is 8.20. The molecule has 1 fully saturated rings. The van der Waals surface area contributed by atoms with Crippen LogP contribution in [0.3, 0.4) is 0 Å². The molecule has 0 saturated carbocycles. The Balaban J connectivity index is 1.57. The Morgan fingerprint density at radius 3 is 2.53 bits per heavy atom. The Hall–Kier alpha value is -4.39. The summed E-state index contributed by atoms with van der Waals surface area (Å²) in [6.07, 6.45) is 2.35. The van der Waals surface area contributed by atoms with E-state index >= 15 is 0 Å². The number of nitrogens with zero attached hydrogens (tertiary/aromatic N) is 1. The maximum Gasteiger partial charge on any atom is 0.295 e. The number of likely N-dealkylation sites (tertiary alicyclic amines) is 1. The molecule has 1 aliphatic heterocycles. The highest BCUT2D eigenvalue weighted by Crippen LogP contribution is 2.40. The van der Waals surface area contributed by atoms with E-state index in [2.05, 4.69) is 4.98 Å². The second-order valence-corrected chi connectivity index (χ2v) is 8.20. The Morgan fingerprint density at radius 1 is 1.00 bits per heavy atom. The van der Waals surface area contributed by atoms with Crippen molar-refractivity contribution in [3.8, 4) is 5.75 Å². The van der Waals surface area contributed by atoms with Gasteiger partial charge in [0, 0.05) is 29.2 Å². The Morgan fingerprint density at radius 2 is 1.76 bits per heavy atom. The predicted molar refractivity (Wildman–Crippen MR) is 126 cm³/mol. The summed E-state index contributed by atoms with van der Waals surface area (Å²) < 4.78 is 13.4. The highest BCUT2D eigenvalue weighted by Gasteiger charge is 2.46. The van der Waals surface area contributed by atoms with Gasteiger partial charge in [0.2, 0.25) is 0 Å². The molecule has 34 heavy (non-hydrogen) atoms. The number of aliphatic hydroxyl groups is 1. The van der Waals surface area contributed by atoms with Gasteiger partial charge < -0.3 is 20.1 Å². The van der Waals surface area contributed by atoms with Crippen molar-refractivity contribution in [2.45, 2.75) is 12.5 Å². The zero-order valence-corrected chi connectivity index (χ0v) is 18.0. The van der Waals surface area contributed by atoms with Gasteiger partial charge in [-0.15, -0.1) is 0 Å². The van der Waals surface area contributed by atoms with Gasteiger partial charge in [-0.05, 0) is 60.0 Å². The fourth-order valence-corrected chi connectivity index (χ4v) is 4.49. The molecule has 5 rings (SSSR count). The zero-order valence-electron chi connectivity index (χ0n) is 18.0. The van der Waals surface area contributed by atoms with Crippen molar-refractivity contribution in [3.63, 3.8) is 0 Å². The predicted octanol–water partition coefficient (Wildman–Crippen LogP) is 4.68. The van der Waals surface area contributed by atoms with E-state index in [1.807, 2.05) is 30.5 Å². The number of carbonyl (C=O) groups excluding carboxylic acids is 2. The smallest absolute Gasteiger partial charge is 0.295 e. The third-order valence-electron chi connectivity index (χ3n) is 6.14. The van der Waals surface area contributed by atoms with Crippen LogP contribution in [-0.2, 0) is 16.0 Å². The number of ketones is 1. The topological polar surface area (TPSA) is 93.6 Å². The van der Waals surface area contributed by atoms with Crippen molar-refractivity contribution in [1.82, 2.24) is 9.88 Å². The number of aromatic nitrogens is 1. The van der Waals surface area contributed by atoms with Gasteiger partial charge >= 0.3 is 0 Å². The molecule has 1 saturated heterocycles. The molecule has 1 aromatic heterocycles. The highest BCUT2D eigenvalue weighted by molar-refractivity contribution is 6.46. The first kappa shape index (κ1) is 21.5. The van der Waals surface area contributed by atoms with Gasteiger partial charge in [-0.2, -0.15) is 0 Å². The van der Waals surface area contributed by atoms with E-state index in [-0.39, 0.29) is 29.2 Å². The molecule has 4 aromatic rings. The minimum absolute atomic E-state index is 0.0264. The molecular formula is C27H21FN2O4. The lowest BCUT2D eigenvalue weighted by atomic mass is 9.95. The summed E-state index contributed by atoms with van der Waals surface area (Å²) in [7, 11) is 0. The fraction of sp³-hybridized carbons (Fsp3) is 0.111. The second kappa shape index (κ2) is 8.51. The van der Waals surface area contributed by atoms with E-state index < -0.39 is 23.5 Å². The number of rotatable bonds is 5. The van der Waals surface area contributed by atoms with Crippen LogP contribution in [0.1, 0.15) is 22.7 Å². The van der Waals surface area contributed by atoms with Crippen molar-refractivity contribution in [1.29, 1.82) is 0 Å². The first-order valence-electron chi connectivity index (χ1n) is 10.8. The number of halogens is 1. The van der Waals surface area contributed by atoms with Crippen LogP contribution >= 0.6 is 0 Å². The molecule has 0 radical (unpaired) electrons. The van der Waals surface area contributed by atoms with E-state index in [1.54, 1.807) is 12.1 Å². The zero-order chi connectivity index (χ0) is 23.8. The lowest BCUT2D eigenvalue weighted by Crippen LogP contribution is -2.31. The number of hydrogen-bond acceptors (Lipinski definition) is 4. The summed E-state index contributed by atoms with van der Waals surface area (Å²) in [6.45, 7) is 0.215. The van der Waals surface area contributed by atoms with Gasteiger partial charge in [-0.25, -0.2) is 4.39 Å². The number of benzene rings is 3. The number of hydrogen-bond donors (Lipinski definition) is 3. The largest absolute Gasteiger partial charge is 0.508 e. The van der Waals surface area contributed by atoms with Gasteiger partial charge in [0.25, 0.3) is 11.7 Å². The summed E-state index contributed by atoms with van der Waals surface area (Å²) in [4.78, 5) is 30.8. The molecule has 170 valence electrons. The number of phenolic OH excluding ortho intramolecular Hbond substituents is 1. The van der Waals surface area contributed by atoms with Crippen molar-refractivity contribution in [2.24, 2.45) is 0 Å². The molecule has 1 amide bonds. The minimum Gasteiger partial charge on any atom is -0.508 e. The minimum atomic E-state index is -0.901. The summed E-state index contributed by atoms with van der Waals surface area (Å²) in [5.74, 6) is -2.46. The number of H-pyrrole nitrogens is 1. The third kappa shape index (κ3) is 3.71. The van der Waals surface area contributed by atoms with Gasteiger partial charge in [-0.1, -0.05) is 30.3 Å². The summed E-state index contributed by atoms with van der Waals surface area (Å²) >= 11 is 0. The van der Waals surface area contributed by atoms with Crippen molar-refractivity contribution in [2.75, 3.05) is 6.54 Å². The highest BCUT2D eigenvalue weighted by atomic mass is 19.1. The average Bonchev–Trinajstić information content (AvgIpc) is 3.36. The van der Waals surface area contributed by atoms with Crippen LogP contribution in [0, 0.1) is 5.82 Å². The monoisotopic (exact) mass is 456 g/mol. The molecule has 0 bridgehead atoms. The molecule has 3 N–H and O–H groups in total. The molecule has 3 aromatic carbocycles. The number of nitrogens with one attached hydrogen (secondary N) is 1. The summed E-state index contributed by atoms with van der Waals surface area (Å²) in [6, 6.07) is 18.2. The van der Waals surface area contributed by atoms with Crippen LogP contribution in [0.4, 0.5) is 4.39 Å². The van der Waals surface area contributed by atoms with Crippen molar-refractivity contribution in [3.05, 3.63) is 107 Å². The normalized spacial score (nSPS) is 17.6. The van der Waals surface area contributed by atoms with Crippen molar-refractivity contribution >= 4 is 28.4 Å². The molecule has 1 atom stereocenters. The van der Waals surface area contributed by atoms with Crippen LogP contribution in [0.5, 0.6) is 5.75 Å². The molecule has 1 aliphatic rings. The molecule has 0 spiro atoms. The molecule has 0 aliphatic carbocycles. The Kier molecular flexibility index (Phi) is 5.37. The Bertz CT molecular complexity index is 1440. The number of phenols is 1. The number of aromatic hydroxyl groups is 1. The molecule has 2 heterocycles. The van der Waals surface area contributed by atoms with Gasteiger partial charge in [-0.3, -0.25) is 9.59 Å². The lowest BCUT2D eigenvalue weighted by Gasteiger charge is -2.25. The van der Waals surface area contributed by atoms with Crippen LogP contribution in [0.25, 0.3) is 16.7 Å². The van der Waals surface area contributed by atoms with E-state index in [0.717, 1.165) is 16.5 Å². The average molecular weight is 456 g/mol. The Labute approximate surface area is 194 Å². The summed E-state index contributed by atoms with van der Waals surface area (Å²) in [5.41, 5.74) is 2.58. The maximum absolute atomic E-state index is 13.4. The fourth-order valence-electron chi connectivity index (χ4n) is 4.49. The number of para-hydroxylation sites is 1. The molecular weight excluding hydrogens is 435 g/mol. The van der Waals surface area contributed by atoms with Crippen LogP contribution in [0.2, 0.25) is 0 Å². The summed E-state index contributed by atoms with van der Waals surface area (Å²) in [5, 5.41) is 22.1. The number of Topliss-reactive ketones (excluding diaryl/α,β-unsaturated/α-hetero) is 1. The van der Waals surface area contributed by atoms with Crippen LogP contribution in [-0.4, -0.2) is 38.3 Å².